The zero-order valence-electron chi connectivity index (χ0n) is 29.6. The molecular formula is C42H45N5O6. The maximum Gasteiger partial charge on any atom is 0.412 e. The summed E-state index contributed by atoms with van der Waals surface area (Å²) in [6, 6.07) is 29.6. The fraction of sp³-hybridized carbons (Fsp3) is 0.310. The van der Waals surface area contributed by atoms with Crippen LogP contribution in [0.25, 0.3) is 22.0 Å². The number of aromatic amines is 1. The number of fused-ring (bicyclic) bond motifs is 4. The molecule has 274 valence electrons. The van der Waals surface area contributed by atoms with E-state index in [1.54, 1.807) is 12.1 Å². The predicted molar refractivity (Wildman–Crippen MR) is 206 cm³/mol. The predicted octanol–water partition coefficient (Wildman–Crippen LogP) is 6.47. The molecule has 0 radical (unpaired) electrons. The Morgan fingerprint density at radius 2 is 1.60 bits per heavy atom. The highest BCUT2D eigenvalue weighted by molar-refractivity contribution is 5.92. The number of ether oxygens (including phenoxy) is 1. The number of aliphatic hydroxyl groups is 1. The third-order valence-electron chi connectivity index (χ3n) is 10.4. The number of phenols is 1. The molecule has 1 unspecified atom stereocenters. The molecule has 2 amide bonds. The molecule has 1 aromatic heterocycles. The average Bonchev–Trinajstić information content (AvgIpc) is 3.17. The molecule has 6 N–H and O–H groups in total. The second-order valence-corrected chi connectivity index (χ2v) is 14.1. The van der Waals surface area contributed by atoms with Gasteiger partial charge in [0.1, 0.15) is 11.4 Å². The molecule has 1 atom stereocenters. The first-order valence-corrected chi connectivity index (χ1v) is 18.3. The number of carbonyl (C=O) groups is 2. The number of aromatic hydroxyl groups is 1. The third-order valence-corrected chi connectivity index (χ3v) is 10.4. The van der Waals surface area contributed by atoms with Gasteiger partial charge in [0.25, 0.3) is 0 Å². The van der Waals surface area contributed by atoms with E-state index < -0.39 is 12.2 Å². The number of piperidine rings is 3. The van der Waals surface area contributed by atoms with Crippen LogP contribution >= 0.6 is 0 Å². The number of rotatable bonds is 13. The highest BCUT2D eigenvalue weighted by Gasteiger charge is 2.42. The molecule has 53 heavy (non-hydrogen) atoms. The Morgan fingerprint density at radius 1 is 0.868 bits per heavy atom. The van der Waals surface area contributed by atoms with E-state index in [9.17, 15) is 24.6 Å². The smallest absolute Gasteiger partial charge is 0.412 e. The molecule has 5 aromatic rings. The van der Waals surface area contributed by atoms with Crippen LogP contribution in [-0.4, -0.2) is 63.9 Å². The third kappa shape index (κ3) is 8.77. The summed E-state index contributed by atoms with van der Waals surface area (Å²) < 4.78 is 6.08. The maximum atomic E-state index is 13.2. The Bertz CT molecular complexity index is 2110. The Kier molecular flexibility index (Phi) is 10.9. The van der Waals surface area contributed by atoms with E-state index >= 15 is 0 Å². The summed E-state index contributed by atoms with van der Waals surface area (Å²) in [5.74, 6) is -0.133. The van der Waals surface area contributed by atoms with E-state index in [2.05, 4.69) is 25.8 Å². The van der Waals surface area contributed by atoms with Gasteiger partial charge in [0, 0.05) is 81.1 Å². The molecule has 0 spiro atoms. The van der Waals surface area contributed by atoms with Crippen molar-refractivity contribution in [3.8, 4) is 16.9 Å². The van der Waals surface area contributed by atoms with Gasteiger partial charge >= 0.3 is 6.09 Å². The molecule has 0 aliphatic carbocycles. The monoisotopic (exact) mass is 715 g/mol. The molecule has 8 rings (SSSR count). The lowest BCUT2D eigenvalue weighted by atomic mass is 9.83. The number of nitrogens with one attached hydrogen (secondary N) is 4. The molecule has 4 aromatic carbocycles. The lowest BCUT2D eigenvalue weighted by Crippen LogP contribution is -2.54. The van der Waals surface area contributed by atoms with Gasteiger partial charge in [-0.1, -0.05) is 60.7 Å². The van der Waals surface area contributed by atoms with Gasteiger partial charge in [-0.05, 0) is 65.4 Å². The van der Waals surface area contributed by atoms with Crippen molar-refractivity contribution in [2.75, 3.05) is 36.8 Å². The van der Waals surface area contributed by atoms with Crippen molar-refractivity contribution < 1.29 is 24.5 Å². The minimum absolute atomic E-state index is 0.0520. The van der Waals surface area contributed by atoms with Gasteiger partial charge in [-0.15, -0.1) is 0 Å². The Labute approximate surface area is 308 Å². The lowest BCUT2D eigenvalue weighted by molar-refractivity contribution is -0.116. The van der Waals surface area contributed by atoms with Crippen molar-refractivity contribution in [1.29, 1.82) is 0 Å². The number of anilines is 2. The quantitative estimate of drug-likeness (QED) is 0.0811. The van der Waals surface area contributed by atoms with Gasteiger partial charge < -0.3 is 35.5 Å². The summed E-state index contributed by atoms with van der Waals surface area (Å²) in [4.78, 5) is 42.8. The van der Waals surface area contributed by atoms with Crippen molar-refractivity contribution >= 4 is 34.3 Å². The van der Waals surface area contributed by atoms with Crippen molar-refractivity contribution in [2.45, 2.75) is 56.8 Å². The summed E-state index contributed by atoms with van der Waals surface area (Å²) in [7, 11) is 0. The largest absolute Gasteiger partial charge is 0.506 e. The van der Waals surface area contributed by atoms with Crippen LogP contribution in [0.5, 0.6) is 5.75 Å². The maximum absolute atomic E-state index is 13.2. The van der Waals surface area contributed by atoms with Crippen molar-refractivity contribution in [3.05, 3.63) is 124 Å². The number of aliphatic hydroxyl groups excluding tert-OH is 1. The molecule has 11 heteroatoms. The first kappa shape index (κ1) is 35.9. The van der Waals surface area contributed by atoms with Crippen LogP contribution in [0.15, 0.2) is 102 Å². The molecule has 3 aliphatic rings. The summed E-state index contributed by atoms with van der Waals surface area (Å²) in [6.07, 6.45) is 2.97. The van der Waals surface area contributed by atoms with Crippen LogP contribution in [-0.2, 0) is 22.5 Å². The number of H-pyrrole nitrogens is 1. The van der Waals surface area contributed by atoms with Crippen LogP contribution in [0.2, 0.25) is 0 Å². The van der Waals surface area contributed by atoms with Gasteiger partial charge in [-0.2, -0.15) is 0 Å². The zero-order chi connectivity index (χ0) is 36.8. The van der Waals surface area contributed by atoms with Crippen molar-refractivity contribution in [1.82, 2.24) is 15.2 Å². The van der Waals surface area contributed by atoms with E-state index in [-0.39, 0.29) is 29.4 Å². The molecule has 4 heterocycles. The van der Waals surface area contributed by atoms with Gasteiger partial charge in [0.05, 0.1) is 17.3 Å². The molecular weight excluding hydrogens is 670 g/mol. The Morgan fingerprint density at radius 3 is 2.36 bits per heavy atom. The second-order valence-electron chi connectivity index (χ2n) is 14.1. The van der Waals surface area contributed by atoms with E-state index in [1.165, 1.54) is 12.1 Å². The Balaban J connectivity index is 0.892. The SMILES string of the molecule is O=C(CCCc1ccc(-c2ccccc2)c(NC(=O)OC23CCN(CC2)CC3)c1)Nc1ccc(CNCC(O)c2ccc(O)c3[nH]c(=O)ccc23)cc1. The van der Waals surface area contributed by atoms with Crippen molar-refractivity contribution in [3.63, 3.8) is 0 Å². The van der Waals surface area contributed by atoms with Gasteiger partial charge in [-0.25, -0.2) is 4.79 Å². The number of aromatic nitrogens is 1. The van der Waals surface area contributed by atoms with Crippen LogP contribution in [0, 0.1) is 0 Å². The number of pyridine rings is 1. The van der Waals surface area contributed by atoms with Gasteiger partial charge in [0.15, 0.2) is 0 Å². The number of hydrogen-bond acceptors (Lipinski definition) is 8. The molecule has 11 nitrogen and oxygen atoms in total. The van der Waals surface area contributed by atoms with Crippen LogP contribution in [0.1, 0.15) is 54.9 Å². The summed E-state index contributed by atoms with van der Waals surface area (Å²) >= 11 is 0. The molecule has 3 saturated heterocycles. The zero-order valence-corrected chi connectivity index (χ0v) is 29.6. The fourth-order valence-corrected chi connectivity index (χ4v) is 7.40. The van der Waals surface area contributed by atoms with Gasteiger partial charge in [0.2, 0.25) is 11.5 Å². The lowest BCUT2D eigenvalue weighted by Gasteiger charge is -2.47. The van der Waals surface area contributed by atoms with E-state index in [0.717, 1.165) is 61.2 Å². The Hall–Kier alpha value is -5.49. The van der Waals surface area contributed by atoms with E-state index in [4.69, 9.17) is 4.74 Å². The normalized spacial score (nSPS) is 18.4. The van der Waals surface area contributed by atoms with E-state index in [1.807, 2.05) is 72.8 Å². The average molecular weight is 716 g/mol. The number of hydrogen-bond donors (Lipinski definition) is 6. The van der Waals surface area contributed by atoms with Crippen LogP contribution < -0.4 is 21.5 Å². The molecule has 3 aliphatic heterocycles. The number of aryl methyl sites for hydroxylation is 1. The first-order chi connectivity index (χ1) is 25.7. The highest BCUT2D eigenvalue weighted by Crippen LogP contribution is 2.36. The van der Waals surface area contributed by atoms with E-state index in [0.29, 0.717) is 53.6 Å². The molecule has 3 fully saturated rings. The molecule has 2 bridgehead atoms. The second kappa shape index (κ2) is 16.0. The first-order valence-electron chi connectivity index (χ1n) is 18.3. The summed E-state index contributed by atoms with van der Waals surface area (Å²) in [5.41, 5.74) is 5.49. The van der Waals surface area contributed by atoms with Crippen LogP contribution in [0.3, 0.4) is 0 Å². The molecule has 0 saturated carbocycles. The number of carbonyl (C=O) groups excluding carboxylic acids is 2. The standard InChI is InChI=1S/C42H45N5O6/c48-36-17-15-33(34-16-18-39(51)46-40(34)36)37(49)27-43-26-29-9-12-31(13-10-29)44-38(50)8-4-5-28-11-14-32(30-6-2-1-3-7-30)35(25-28)45-41(52)53-42-19-22-47(23-20-42)24-21-42/h1-3,6-7,9-18,25,37,43,48-49H,4-5,8,19-24,26-27H2,(H,44,50)(H,45,52)(H,46,51). The van der Waals surface area contributed by atoms with Crippen LogP contribution in [0.4, 0.5) is 16.2 Å². The highest BCUT2D eigenvalue weighted by atomic mass is 16.6. The topological polar surface area (TPSA) is 156 Å². The minimum atomic E-state index is -0.858. The fourth-order valence-electron chi connectivity index (χ4n) is 7.40. The minimum Gasteiger partial charge on any atom is -0.506 e. The number of phenolic OH excluding ortho intramolecular Hbond substituents is 1. The summed E-state index contributed by atoms with van der Waals surface area (Å²) in [6.45, 7) is 3.65. The number of benzene rings is 4. The summed E-state index contributed by atoms with van der Waals surface area (Å²) in [5, 5.41) is 30.8. The number of amides is 2. The number of nitrogens with zero attached hydrogens (tertiary/aromatic N) is 1. The van der Waals surface area contributed by atoms with Gasteiger partial charge in [-0.3, -0.25) is 14.9 Å². The van der Waals surface area contributed by atoms with Crippen molar-refractivity contribution in [2.24, 2.45) is 0 Å².